The summed E-state index contributed by atoms with van der Waals surface area (Å²) in [5.74, 6) is 0. The van der Waals surface area contributed by atoms with Gasteiger partial charge >= 0.3 is 0 Å². The highest BCUT2D eigenvalue weighted by Gasteiger charge is 2.47. The maximum Gasteiger partial charge on any atom is 0.0416 e. The van der Waals surface area contributed by atoms with Crippen LogP contribution < -0.4 is 5.32 Å². The zero-order chi connectivity index (χ0) is 13.1. The quantitative estimate of drug-likeness (QED) is 0.771. The van der Waals surface area contributed by atoms with Gasteiger partial charge in [-0.05, 0) is 49.0 Å². The predicted octanol–water partition coefficient (Wildman–Crippen LogP) is 5.29. The minimum Gasteiger partial charge on any atom is -0.306 e. The average molecular weight is 277 g/mol. The Hall–Kier alpha value is -0.340. The van der Waals surface area contributed by atoms with Crippen LogP contribution in [-0.2, 0) is 0 Å². The summed E-state index contributed by atoms with van der Waals surface area (Å²) in [6.45, 7) is 2.30. The fraction of sp³-hybridized carbons (Fsp3) is 0.765. The molecule has 1 nitrogen and oxygen atoms in total. The SMILES string of the molecule is CCCC(NC1CCC12CCCCC2)c1cccs1. The summed E-state index contributed by atoms with van der Waals surface area (Å²) in [5, 5.41) is 6.25. The van der Waals surface area contributed by atoms with E-state index in [4.69, 9.17) is 0 Å². The third-order valence-electron chi connectivity index (χ3n) is 5.39. The van der Waals surface area contributed by atoms with Gasteiger partial charge in [-0.15, -0.1) is 11.3 Å². The lowest BCUT2D eigenvalue weighted by Gasteiger charge is -2.53. The van der Waals surface area contributed by atoms with Crippen LogP contribution in [0.15, 0.2) is 17.5 Å². The molecule has 2 heteroatoms. The number of nitrogens with one attached hydrogen (secondary N) is 1. The zero-order valence-electron chi connectivity index (χ0n) is 12.2. The van der Waals surface area contributed by atoms with E-state index < -0.39 is 0 Å². The van der Waals surface area contributed by atoms with Crippen LogP contribution in [0.4, 0.5) is 0 Å². The maximum atomic E-state index is 4.03. The lowest BCUT2D eigenvalue weighted by atomic mass is 9.57. The molecule has 2 saturated carbocycles. The molecule has 3 rings (SSSR count). The van der Waals surface area contributed by atoms with Crippen molar-refractivity contribution in [3.63, 3.8) is 0 Å². The van der Waals surface area contributed by atoms with Gasteiger partial charge in [0.25, 0.3) is 0 Å². The molecule has 2 unspecified atom stereocenters. The van der Waals surface area contributed by atoms with E-state index in [9.17, 15) is 0 Å². The van der Waals surface area contributed by atoms with Gasteiger partial charge in [0.15, 0.2) is 0 Å². The van der Waals surface area contributed by atoms with E-state index in [-0.39, 0.29) is 0 Å². The van der Waals surface area contributed by atoms with Crippen molar-refractivity contribution in [1.82, 2.24) is 5.32 Å². The van der Waals surface area contributed by atoms with Crippen molar-refractivity contribution >= 4 is 11.3 Å². The molecule has 1 heterocycles. The highest BCUT2D eigenvalue weighted by Crippen LogP contribution is 2.52. The zero-order valence-corrected chi connectivity index (χ0v) is 13.0. The molecule has 2 aliphatic carbocycles. The van der Waals surface area contributed by atoms with E-state index in [1.54, 1.807) is 4.88 Å². The fourth-order valence-electron chi connectivity index (χ4n) is 4.14. The van der Waals surface area contributed by atoms with Crippen molar-refractivity contribution in [2.75, 3.05) is 0 Å². The second-order valence-corrected chi connectivity index (χ2v) is 7.52. The Labute approximate surface area is 121 Å². The molecule has 0 bridgehead atoms. The van der Waals surface area contributed by atoms with Gasteiger partial charge in [-0.1, -0.05) is 38.7 Å². The summed E-state index contributed by atoms with van der Waals surface area (Å²) in [5.41, 5.74) is 0.682. The summed E-state index contributed by atoms with van der Waals surface area (Å²) < 4.78 is 0. The number of rotatable bonds is 5. The third-order valence-corrected chi connectivity index (χ3v) is 6.37. The highest BCUT2D eigenvalue weighted by atomic mass is 32.1. The molecule has 106 valence electrons. The van der Waals surface area contributed by atoms with Gasteiger partial charge in [0.05, 0.1) is 0 Å². The number of thiophene rings is 1. The summed E-state index contributed by atoms with van der Waals surface area (Å²) in [7, 11) is 0. The molecule has 0 amide bonds. The molecule has 1 aromatic rings. The molecule has 2 atom stereocenters. The molecule has 0 aromatic carbocycles. The summed E-state index contributed by atoms with van der Waals surface area (Å²) in [6, 6.07) is 5.91. The first-order valence-electron chi connectivity index (χ1n) is 8.13. The topological polar surface area (TPSA) is 12.0 Å². The van der Waals surface area contributed by atoms with Gasteiger partial charge in [0, 0.05) is 17.0 Å². The third kappa shape index (κ3) is 2.75. The van der Waals surface area contributed by atoms with Crippen LogP contribution in [0, 0.1) is 5.41 Å². The Kier molecular flexibility index (Phi) is 4.28. The minimum atomic E-state index is 0.606. The molecule has 0 radical (unpaired) electrons. The maximum absolute atomic E-state index is 4.03. The van der Waals surface area contributed by atoms with Crippen molar-refractivity contribution in [1.29, 1.82) is 0 Å². The van der Waals surface area contributed by atoms with E-state index in [0.717, 1.165) is 6.04 Å². The molecule has 2 fully saturated rings. The van der Waals surface area contributed by atoms with Gasteiger partial charge in [-0.25, -0.2) is 0 Å². The molecule has 1 spiro atoms. The molecule has 19 heavy (non-hydrogen) atoms. The second-order valence-electron chi connectivity index (χ2n) is 6.54. The average Bonchev–Trinajstić information content (AvgIpc) is 2.97. The van der Waals surface area contributed by atoms with Gasteiger partial charge in [-0.3, -0.25) is 0 Å². The standard InChI is InChI=1S/C17H27NS/c1-2-7-14(15-8-6-13-19-15)18-16-9-12-17(16)10-4-3-5-11-17/h6,8,13-14,16,18H,2-5,7,9-12H2,1H3. The van der Waals surface area contributed by atoms with Crippen LogP contribution >= 0.6 is 11.3 Å². The highest BCUT2D eigenvalue weighted by molar-refractivity contribution is 7.10. The minimum absolute atomic E-state index is 0.606. The Morgan fingerprint density at radius 3 is 2.74 bits per heavy atom. The predicted molar refractivity (Wildman–Crippen MR) is 83.6 cm³/mol. The van der Waals surface area contributed by atoms with E-state index >= 15 is 0 Å². The molecular weight excluding hydrogens is 250 g/mol. The smallest absolute Gasteiger partial charge is 0.0416 e. The second kappa shape index (κ2) is 5.97. The normalized spacial score (nSPS) is 27.1. The molecule has 2 aliphatic rings. The van der Waals surface area contributed by atoms with Gasteiger partial charge in [0.1, 0.15) is 0 Å². The first-order chi connectivity index (χ1) is 9.34. The largest absolute Gasteiger partial charge is 0.306 e. The molecule has 1 aromatic heterocycles. The van der Waals surface area contributed by atoms with Crippen molar-refractivity contribution in [3.05, 3.63) is 22.4 Å². The molecule has 0 aliphatic heterocycles. The van der Waals surface area contributed by atoms with Crippen LogP contribution in [0.5, 0.6) is 0 Å². The van der Waals surface area contributed by atoms with Crippen molar-refractivity contribution in [2.45, 2.75) is 76.8 Å². The fourth-order valence-corrected chi connectivity index (χ4v) is 4.96. The first-order valence-corrected chi connectivity index (χ1v) is 9.01. The van der Waals surface area contributed by atoms with Crippen molar-refractivity contribution in [3.8, 4) is 0 Å². The van der Waals surface area contributed by atoms with Crippen LogP contribution in [-0.4, -0.2) is 6.04 Å². The lowest BCUT2D eigenvalue weighted by Crippen LogP contribution is -2.55. The van der Waals surface area contributed by atoms with Gasteiger partial charge in [-0.2, -0.15) is 0 Å². The number of hydrogen-bond acceptors (Lipinski definition) is 2. The summed E-state index contributed by atoms with van der Waals surface area (Å²) >= 11 is 1.92. The molecule has 1 N–H and O–H groups in total. The van der Waals surface area contributed by atoms with Crippen LogP contribution in [0.25, 0.3) is 0 Å². The van der Waals surface area contributed by atoms with Gasteiger partial charge < -0.3 is 5.32 Å². The van der Waals surface area contributed by atoms with E-state index in [0.29, 0.717) is 11.5 Å². The molecular formula is C17H27NS. The van der Waals surface area contributed by atoms with Crippen LogP contribution in [0.1, 0.15) is 75.6 Å². The first kappa shape index (κ1) is 13.6. The van der Waals surface area contributed by atoms with Gasteiger partial charge in [0.2, 0.25) is 0 Å². The summed E-state index contributed by atoms with van der Waals surface area (Å²) in [6.07, 6.45) is 12.8. The van der Waals surface area contributed by atoms with E-state index in [1.807, 2.05) is 11.3 Å². The Balaban J connectivity index is 1.65. The monoisotopic (exact) mass is 277 g/mol. The molecule has 0 saturated heterocycles. The van der Waals surface area contributed by atoms with Crippen molar-refractivity contribution in [2.24, 2.45) is 5.41 Å². The number of hydrogen-bond donors (Lipinski definition) is 1. The van der Waals surface area contributed by atoms with Crippen LogP contribution in [0.2, 0.25) is 0 Å². The van der Waals surface area contributed by atoms with E-state index in [1.165, 1.54) is 57.8 Å². The summed E-state index contributed by atoms with van der Waals surface area (Å²) in [4.78, 5) is 1.54. The Morgan fingerprint density at radius 2 is 2.16 bits per heavy atom. The Morgan fingerprint density at radius 1 is 1.32 bits per heavy atom. The van der Waals surface area contributed by atoms with Crippen molar-refractivity contribution < 1.29 is 0 Å². The van der Waals surface area contributed by atoms with E-state index in [2.05, 4.69) is 29.8 Å². The Bertz CT molecular complexity index is 378. The van der Waals surface area contributed by atoms with Crippen LogP contribution in [0.3, 0.4) is 0 Å². The lowest BCUT2D eigenvalue weighted by molar-refractivity contribution is 0.0158.